The van der Waals surface area contributed by atoms with Crippen LogP contribution in [0.3, 0.4) is 0 Å². The maximum atomic E-state index is 13.2. The number of imide groups is 2. The second-order valence-corrected chi connectivity index (χ2v) is 7.80. The summed E-state index contributed by atoms with van der Waals surface area (Å²) in [5, 5.41) is 2.23. The van der Waals surface area contributed by atoms with Gasteiger partial charge >= 0.3 is 6.03 Å². The van der Waals surface area contributed by atoms with Gasteiger partial charge in [-0.15, -0.1) is 0 Å². The third-order valence-electron chi connectivity index (χ3n) is 5.32. The molecule has 3 aromatic carbocycles. The van der Waals surface area contributed by atoms with E-state index in [4.69, 9.17) is 14.2 Å². The molecule has 1 aliphatic rings. The molecule has 8 nitrogen and oxygen atoms in total. The van der Waals surface area contributed by atoms with Crippen molar-refractivity contribution in [2.24, 2.45) is 0 Å². The topological polar surface area (TPSA) is 94.2 Å². The summed E-state index contributed by atoms with van der Waals surface area (Å²) in [4.78, 5) is 39.1. The van der Waals surface area contributed by atoms with Crippen LogP contribution in [0, 0.1) is 0 Å². The van der Waals surface area contributed by atoms with Crippen LogP contribution in [0.15, 0.2) is 78.4 Å². The van der Waals surface area contributed by atoms with Crippen LogP contribution in [0.4, 0.5) is 10.5 Å². The fourth-order valence-electron chi connectivity index (χ4n) is 3.65. The molecule has 1 saturated heterocycles. The molecular weight excluding hydrogens is 460 g/mol. The Balaban J connectivity index is 1.59. The molecule has 0 aromatic heterocycles. The second kappa shape index (κ2) is 11.2. The first-order chi connectivity index (χ1) is 17.5. The predicted octanol–water partition coefficient (Wildman–Crippen LogP) is 4.73. The SMILES string of the molecule is CCOc1ccc(N2C(=O)NC(=O)/C(=C/c3ccc(OCc4ccccc4)c(OCC)c3)C2=O)cc1. The molecule has 0 bridgehead atoms. The van der Waals surface area contributed by atoms with Crippen LogP contribution in [0.2, 0.25) is 0 Å². The summed E-state index contributed by atoms with van der Waals surface area (Å²) in [6.07, 6.45) is 1.43. The lowest BCUT2D eigenvalue weighted by atomic mass is 10.1. The van der Waals surface area contributed by atoms with Crippen LogP contribution in [-0.2, 0) is 16.2 Å². The number of nitrogens with one attached hydrogen (secondary N) is 1. The van der Waals surface area contributed by atoms with Crippen molar-refractivity contribution in [3.63, 3.8) is 0 Å². The Bertz CT molecular complexity index is 1290. The molecule has 4 amide bonds. The molecule has 0 spiro atoms. The minimum atomic E-state index is -0.814. The zero-order valence-corrected chi connectivity index (χ0v) is 20.0. The standard InChI is InChI=1S/C28H26N2O6/c1-3-34-22-13-11-21(12-14-22)30-27(32)23(26(31)29-28(30)33)16-20-10-15-24(25(17-20)35-4-2)36-18-19-8-6-5-7-9-19/h5-17H,3-4,18H2,1-2H3,(H,29,31,33)/b23-16-. The summed E-state index contributed by atoms with van der Waals surface area (Å²) >= 11 is 0. The van der Waals surface area contributed by atoms with E-state index in [1.54, 1.807) is 42.5 Å². The van der Waals surface area contributed by atoms with Crippen molar-refractivity contribution >= 4 is 29.6 Å². The summed E-state index contributed by atoms with van der Waals surface area (Å²) < 4.78 is 17.1. The minimum Gasteiger partial charge on any atom is -0.494 e. The number of nitrogens with zero attached hydrogens (tertiary/aromatic N) is 1. The van der Waals surface area contributed by atoms with E-state index < -0.39 is 17.8 Å². The molecule has 1 aliphatic heterocycles. The number of hydrogen-bond acceptors (Lipinski definition) is 6. The molecule has 0 aliphatic carbocycles. The highest BCUT2D eigenvalue weighted by molar-refractivity contribution is 6.39. The molecule has 4 rings (SSSR count). The number of ether oxygens (including phenoxy) is 3. The van der Waals surface area contributed by atoms with Gasteiger partial charge in [-0.1, -0.05) is 36.4 Å². The third kappa shape index (κ3) is 5.55. The largest absolute Gasteiger partial charge is 0.494 e. The molecule has 0 atom stereocenters. The monoisotopic (exact) mass is 486 g/mol. The third-order valence-corrected chi connectivity index (χ3v) is 5.32. The van der Waals surface area contributed by atoms with E-state index in [1.807, 2.05) is 44.2 Å². The van der Waals surface area contributed by atoms with Gasteiger partial charge < -0.3 is 14.2 Å². The van der Waals surface area contributed by atoms with E-state index >= 15 is 0 Å². The van der Waals surface area contributed by atoms with Crippen LogP contribution < -0.4 is 24.4 Å². The van der Waals surface area contributed by atoms with Crippen LogP contribution >= 0.6 is 0 Å². The van der Waals surface area contributed by atoms with Crippen molar-refractivity contribution in [2.75, 3.05) is 18.1 Å². The molecule has 1 fully saturated rings. The number of urea groups is 1. The molecule has 0 saturated carbocycles. The quantitative estimate of drug-likeness (QED) is 0.347. The normalized spacial score (nSPS) is 14.6. The summed E-state index contributed by atoms with van der Waals surface area (Å²) in [6.45, 7) is 4.97. The maximum Gasteiger partial charge on any atom is 0.335 e. The number of carbonyl (C=O) groups excluding carboxylic acids is 3. The van der Waals surface area contributed by atoms with E-state index in [0.29, 0.717) is 48.3 Å². The highest BCUT2D eigenvalue weighted by atomic mass is 16.5. The van der Waals surface area contributed by atoms with Crippen LogP contribution in [-0.4, -0.2) is 31.1 Å². The summed E-state index contributed by atoms with van der Waals surface area (Å²) in [5.41, 5.74) is 1.70. The second-order valence-electron chi connectivity index (χ2n) is 7.80. The van der Waals surface area contributed by atoms with E-state index in [1.165, 1.54) is 6.08 Å². The first kappa shape index (κ1) is 24.5. The van der Waals surface area contributed by atoms with Gasteiger partial charge in [0.2, 0.25) is 0 Å². The van der Waals surface area contributed by atoms with Gasteiger partial charge in [0.25, 0.3) is 11.8 Å². The fraction of sp³-hybridized carbons (Fsp3) is 0.179. The van der Waals surface area contributed by atoms with Crippen LogP contribution in [0.1, 0.15) is 25.0 Å². The smallest absolute Gasteiger partial charge is 0.335 e. The molecule has 1 heterocycles. The molecular formula is C28H26N2O6. The lowest BCUT2D eigenvalue weighted by molar-refractivity contribution is -0.122. The van der Waals surface area contributed by atoms with Crippen molar-refractivity contribution in [1.29, 1.82) is 0 Å². The molecule has 36 heavy (non-hydrogen) atoms. The van der Waals surface area contributed by atoms with Crippen molar-refractivity contribution in [2.45, 2.75) is 20.5 Å². The van der Waals surface area contributed by atoms with E-state index in [0.717, 1.165) is 10.5 Å². The number of anilines is 1. The molecule has 0 unspecified atom stereocenters. The van der Waals surface area contributed by atoms with Gasteiger partial charge in [0.15, 0.2) is 11.5 Å². The number of benzene rings is 3. The lowest BCUT2D eigenvalue weighted by Crippen LogP contribution is -2.54. The van der Waals surface area contributed by atoms with Gasteiger partial charge in [-0.25, -0.2) is 9.69 Å². The summed E-state index contributed by atoms with van der Waals surface area (Å²) in [5.74, 6) is 0.125. The van der Waals surface area contributed by atoms with Crippen molar-refractivity contribution in [1.82, 2.24) is 5.32 Å². The highest BCUT2D eigenvalue weighted by Crippen LogP contribution is 2.31. The molecule has 184 valence electrons. The van der Waals surface area contributed by atoms with Gasteiger partial charge in [0.05, 0.1) is 18.9 Å². The Morgan fingerprint density at radius 1 is 0.806 bits per heavy atom. The van der Waals surface area contributed by atoms with Gasteiger partial charge in [-0.3, -0.25) is 14.9 Å². The van der Waals surface area contributed by atoms with Crippen molar-refractivity contribution < 1.29 is 28.6 Å². The molecule has 0 radical (unpaired) electrons. The van der Waals surface area contributed by atoms with Gasteiger partial charge in [-0.2, -0.15) is 0 Å². The molecule has 1 N–H and O–H groups in total. The van der Waals surface area contributed by atoms with E-state index in [-0.39, 0.29) is 5.57 Å². The average molecular weight is 487 g/mol. The average Bonchev–Trinajstić information content (AvgIpc) is 2.88. The number of hydrogen-bond donors (Lipinski definition) is 1. The lowest BCUT2D eigenvalue weighted by Gasteiger charge is -2.26. The van der Waals surface area contributed by atoms with Crippen LogP contribution in [0.25, 0.3) is 6.08 Å². The Labute approximate surface area is 209 Å². The number of amides is 4. The zero-order chi connectivity index (χ0) is 25.5. The maximum absolute atomic E-state index is 13.2. The summed E-state index contributed by atoms with van der Waals surface area (Å²) in [7, 11) is 0. The molecule has 8 heteroatoms. The Kier molecular flexibility index (Phi) is 7.65. The number of barbiturate groups is 1. The molecule has 3 aromatic rings. The Morgan fingerprint density at radius 2 is 1.53 bits per heavy atom. The summed E-state index contributed by atoms with van der Waals surface area (Å²) in [6, 6.07) is 20.5. The zero-order valence-electron chi connectivity index (χ0n) is 20.0. The van der Waals surface area contributed by atoms with Gasteiger partial charge in [0, 0.05) is 0 Å². The highest BCUT2D eigenvalue weighted by Gasteiger charge is 2.36. The van der Waals surface area contributed by atoms with Gasteiger partial charge in [0.1, 0.15) is 17.9 Å². The first-order valence-electron chi connectivity index (χ1n) is 11.6. The number of carbonyl (C=O) groups is 3. The van der Waals surface area contributed by atoms with E-state index in [9.17, 15) is 14.4 Å². The minimum absolute atomic E-state index is 0.177. The first-order valence-corrected chi connectivity index (χ1v) is 11.6. The Hall–Kier alpha value is -4.59. The Morgan fingerprint density at radius 3 is 2.22 bits per heavy atom. The van der Waals surface area contributed by atoms with Crippen LogP contribution in [0.5, 0.6) is 17.2 Å². The predicted molar refractivity (Wildman–Crippen MR) is 135 cm³/mol. The van der Waals surface area contributed by atoms with Crippen molar-refractivity contribution in [3.05, 3.63) is 89.5 Å². The number of rotatable bonds is 9. The van der Waals surface area contributed by atoms with E-state index in [2.05, 4.69) is 5.32 Å². The fourth-order valence-corrected chi connectivity index (χ4v) is 3.65. The van der Waals surface area contributed by atoms with Gasteiger partial charge in [-0.05, 0) is 67.4 Å². The van der Waals surface area contributed by atoms with Crippen molar-refractivity contribution in [3.8, 4) is 17.2 Å².